The molecule has 0 bridgehead atoms. The monoisotopic (exact) mass is 330 g/mol. The van der Waals surface area contributed by atoms with Gasteiger partial charge in [0, 0.05) is 0 Å². The Labute approximate surface area is 147 Å². The first kappa shape index (κ1) is 17.9. The van der Waals surface area contributed by atoms with Gasteiger partial charge in [0.05, 0.1) is 0 Å². The molecule has 2 aliphatic carbocycles. The first-order chi connectivity index (χ1) is 11.7. The number of benzene rings is 1. The van der Waals surface area contributed by atoms with Gasteiger partial charge in [0.15, 0.2) is 0 Å². The molecule has 3 rings (SSSR count). The second-order valence-corrected chi connectivity index (χ2v) is 8.58. The first-order valence-corrected chi connectivity index (χ1v) is 10.0. The minimum absolute atomic E-state index is 0.151. The van der Waals surface area contributed by atoms with Gasteiger partial charge in [0.25, 0.3) is 0 Å². The number of hydrogen-bond donors (Lipinski definition) is 1. The van der Waals surface area contributed by atoms with E-state index in [-0.39, 0.29) is 6.10 Å². The highest BCUT2D eigenvalue weighted by atomic mass is 17.1. The SMILES string of the molecule is Cc1ccc(C(OO)C2CCC(CC3CCC(C)CC3)CC2)cc1. The molecule has 1 aromatic rings. The highest BCUT2D eigenvalue weighted by molar-refractivity contribution is 5.23. The molecule has 1 atom stereocenters. The maximum atomic E-state index is 9.45. The summed E-state index contributed by atoms with van der Waals surface area (Å²) in [5, 5.41) is 9.45. The van der Waals surface area contributed by atoms with Crippen LogP contribution in [0.5, 0.6) is 0 Å². The van der Waals surface area contributed by atoms with Crippen LogP contribution in [0.1, 0.15) is 81.9 Å². The summed E-state index contributed by atoms with van der Waals surface area (Å²) in [7, 11) is 0. The second-order valence-electron chi connectivity index (χ2n) is 8.58. The van der Waals surface area contributed by atoms with Crippen molar-refractivity contribution in [2.45, 2.75) is 77.7 Å². The summed E-state index contributed by atoms with van der Waals surface area (Å²) in [6.07, 6.45) is 12.1. The van der Waals surface area contributed by atoms with Crippen molar-refractivity contribution < 1.29 is 10.1 Å². The molecule has 2 fully saturated rings. The Balaban J connectivity index is 1.49. The Bertz CT molecular complexity index is 479. The lowest BCUT2D eigenvalue weighted by Crippen LogP contribution is -2.24. The van der Waals surface area contributed by atoms with Crippen LogP contribution in [0.15, 0.2) is 24.3 Å². The number of aryl methyl sites for hydroxylation is 1. The molecule has 0 radical (unpaired) electrons. The predicted octanol–water partition coefficient (Wildman–Crippen LogP) is 6.55. The minimum Gasteiger partial charge on any atom is -0.251 e. The van der Waals surface area contributed by atoms with Crippen molar-refractivity contribution in [2.75, 3.05) is 0 Å². The van der Waals surface area contributed by atoms with Crippen LogP contribution < -0.4 is 0 Å². The fourth-order valence-corrected chi connectivity index (χ4v) is 4.94. The molecule has 0 aromatic heterocycles. The van der Waals surface area contributed by atoms with Gasteiger partial charge in [-0.05, 0) is 55.4 Å². The van der Waals surface area contributed by atoms with Gasteiger partial charge in [0.1, 0.15) is 6.10 Å². The first-order valence-electron chi connectivity index (χ1n) is 10.0. The van der Waals surface area contributed by atoms with E-state index in [0.29, 0.717) is 5.92 Å². The van der Waals surface area contributed by atoms with Crippen molar-refractivity contribution in [1.82, 2.24) is 0 Å². The van der Waals surface area contributed by atoms with Crippen molar-refractivity contribution in [3.63, 3.8) is 0 Å². The summed E-state index contributed by atoms with van der Waals surface area (Å²) < 4.78 is 0. The van der Waals surface area contributed by atoms with E-state index in [0.717, 1.165) is 23.3 Å². The van der Waals surface area contributed by atoms with Crippen LogP contribution in [-0.4, -0.2) is 5.26 Å². The molecule has 0 spiro atoms. The highest BCUT2D eigenvalue weighted by Crippen LogP contribution is 2.42. The molecule has 0 heterocycles. The van der Waals surface area contributed by atoms with Gasteiger partial charge in [-0.2, -0.15) is 0 Å². The van der Waals surface area contributed by atoms with Gasteiger partial charge in [-0.15, -0.1) is 0 Å². The summed E-state index contributed by atoms with van der Waals surface area (Å²) in [5.74, 6) is 3.29. The van der Waals surface area contributed by atoms with E-state index < -0.39 is 0 Å². The van der Waals surface area contributed by atoms with Crippen LogP contribution in [0, 0.1) is 30.6 Å². The molecule has 24 heavy (non-hydrogen) atoms. The lowest BCUT2D eigenvalue weighted by atomic mass is 9.72. The molecule has 2 saturated carbocycles. The van der Waals surface area contributed by atoms with Crippen molar-refractivity contribution in [3.05, 3.63) is 35.4 Å². The van der Waals surface area contributed by atoms with Gasteiger partial charge in [-0.1, -0.05) is 75.3 Å². The molecule has 134 valence electrons. The molecule has 1 aromatic carbocycles. The Morgan fingerprint density at radius 1 is 0.917 bits per heavy atom. The zero-order chi connectivity index (χ0) is 16.9. The van der Waals surface area contributed by atoms with E-state index in [1.54, 1.807) is 0 Å². The lowest BCUT2D eigenvalue weighted by Gasteiger charge is -2.35. The average molecular weight is 331 g/mol. The molecule has 1 N–H and O–H groups in total. The fourth-order valence-electron chi connectivity index (χ4n) is 4.94. The molecule has 1 unspecified atom stereocenters. The van der Waals surface area contributed by atoms with Crippen molar-refractivity contribution in [3.8, 4) is 0 Å². The van der Waals surface area contributed by atoms with E-state index in [2.05, 4.69) is 38.1 Å². The maximum Gasteiger partial charge on any atom is 0.120 e. The van der Waals surface area contributed by atoms with Gasteiger partial charge < -0.3 is 0 Å². The smallest absolute Gasteiger partial charge is 0.120 e. The van der Waals surface area contributed by atoms with Gasteiger partial charge in [-0.25, -0.2) is 4.89 Å². The summed E-state index contributed by atoms with van der Waals surface area (Å²) >= 11 is 0. The third-order valence-corrected chi connectivity index (χ3v) is 6.64. The lowest BCUT2D eigenvalue weighted by molar-refractivity contribution is -0.296. The van der Waals surface area contributed by atoms with Crippen LogP contribution in [-0.2, 0) is 4.89 Å². The van der Waals surface area contributed by atoms with E-state index in [9.17, 15) is 5.26 Å². The topological polar surface area (TPSA) is 29.5 Å². The minimum atomic E-state index is -0.151. The highest BCUT2D eigenvalue weighted by Gasteiger charge is 2.31. The van der Waals surface area contributed by atoms with Crippen molar-refractivity contribution in [1.29, 1.82) is 0 Å². The average Bonchev–Trinajstić information content (AvgIpc) is 2.61. The largest absolute Gasteiger partial charge is 0.251 e. The maximum absolute atomic E-state index is 9.45. The van der Waals surface area contributed by atoms with Gasteiger partial charge >= 0.3 is 0 Å². The molecule has 0 aliphatic heterocycles. The molecule has 2 nitrogen and oxygen atoms in total. The summed E-state index contributed by atoms with van der Waals surface area (Å²) in [6.45, 7) is 4.50. The summed E-state index contributed by atoms with van der Waals surface area (Å²) in [5.41, 5.74) is 2.37. The van der Waals surface area contributed by atoms with Crippen LogP contribution in [0.4, 0.5) is 0 Å². The third-order valence-electron chi connectivity index (χ3n) is 6.64. The summed E-state index contributed by atoms with van der Waals surface area (Å²) in [6, 6.07) is 8.42. The van der Waals surface area contributed by atoms with E-state index in [1.165, 1.54) is 63.4 Å². The normalized spacial score (nSPS) is 32.5. The predicted molar refractivity (Wildman–Crippen MR) is 98.8 cm³/mol. The molecule has 2 heteroatoms. The Kier molecular flexibility index (Phi) is 6.35. The standard InChI is InChI=1S/C22H34O2/c1-16-3-7-18(8-4-16)15-19-9-13-21(14-10-19)22(24-23)20-11-5-17(2)6-12-20/h5-6,11-12,16,18-19,21-23H,3-4,7-10,13-15H2,1-2H3. The second kappa shape index (κ2) is 8.49. The number of rotatable bonds is 5. The Morgan fingerprint density at radius 2 is 1.46 bits per heavy atom. The molecular formula is C22H34O2. The van der Waals surface area contributed by atoms with E-state index in [4.69, 9.17) is 4.89 Å². The van der Waals surface area contributed by atoms with Crippen LogP contribution in [0.25, 0.3) is 0 Å². The molecule has 2 aliphatic rings. The quantitative estimate of drug-likeness (QED) is 0.490. The molecule has 0 saturated heterocycles. The Morgan fingerprint density at radius 3 is 2.00 bits per heavy atom. The van der Waals surface area contributed by atoms with Crippen LogP contribution in [0.3, 0.4) is 0 Å². The van der Waals surface area contributed by atoms with Gasteiger partial charge in [0.2, 0.25) is 0 Å². The van der Waals surface area contributed by atoms with E-state index >= 15 is 0 Å². The van der Waals surface area contributed by atoms with Gasteiger partial charge in [-0.3, -0.25) is 5.26 Å². The van der Waals surface area contributed by atoms with Crippen LogP contribution in [0.2, 0.25) is 0 Å². The third kappa shape index (κ3) is 4.61. The van der Waals surface area contributed by atoms with Crippen molar-refractivity contribution >= 4 is 0 Å². The molecule has 0 amide bonds. The zero-order valence-corrected chi connectivity index (χ0v) is 15.4. The van der Waals surface area contributed by atoms with Crippen LogP contribution >= 0.6 is 0 Å². The van der Waals surface area contributed by atoms with Crippen molar-refractivity contribution in [2.24, 2.45) is 23.7 Å². The molecular weight excluding hydrogens is 296 g/mol. The summed E-state index contributed by atoms with van der Waals surface area (Å²) in [4.78, 5) is 4.91. The Hall–Kier alpha value is -0.860. The fraction of sp³-hybridized carbons (Fsp3) is 0.727. The number of hydrogen-bond acceptors (Lipinski definition) is 2. The van der Waals surface area contributed by atoms with E-state index in [1.807, 2.05) is 0 Å². The zero-order valence-electron chi connectivity index (χ0n) is 15.4.